The van der Waals surface area contributed by atoms with Crippen LogP contribution in [0.5, 0.6) is 0 Å². The molecule has 4 rings (SSSR count). The summed E-state index contributed by atoms with van der Waals surface area (Å²) >= 11 is 3.47. The van der Waals surface area contributed by atoms with Crippen molar-refractivity contribution in [3.63, 3.8) is 0 Å². The van der Waals surface area contributed by atoms with E-state index < -0.39 is 0 Å². The first-order chi connectivity index (χ1) is 11.2. The van der Waals surface area contributed by atoms with Gasteiger partial charge in [0.1, 0.15) is 11.5 Å². The van der Waals surface area contributed by atoms with Gasteiger partial charge in [0.15, 0.2) is 0 Å². The van der Waals surface area contributed by atoms with Crippen LogP contribution >= 0.6 is 15.9 Å². The van der Waals surface area contributed by atoms with Crippen LogP contribution in [-0.4, -0.2) is 28.0 Å². The Morgan fingerprint density at radius 1 is 1.13 bits per heavy atom. The van der Waals surface area contributed by atoms with E-state index in [4.69, 9.17) is 9.97 Å². The van der Waals surface area contributed by atoms with Crippen molar-refractivity contribution >= 4 is 44.4 Å². The number of aromatic nitrogens is 3. The summed E-state index contributed by atoms with van der Waals surface area (Å²) in [5.41, 5.74) is 2.99. The largest absolute Gasteiger partial charge is 0.343 e. The highest BCUT2D eigenvalue weighted by Crippen LogP contribution is 2.28. The molecule has 5 nitrogen and oxygen atoms in total. The minimum Gasteiger partial charge on any atom is -0.343 e. The molecule has 0 bridgehead atoms. The lowest BCUT2D eigenvalue weighted by Crippen LogP contribution is -2.20. The molecule has 0 atom stereocenters. The number of nitrogens with one attached hydrogen (secondary N) is 2. The van der Waals surface area contributed by atoms with Crippen LogP contribution in [0.1, 0.15) is 18.5 Å². The number of halogens is 1. The first-order valence-electron chi connectivity index (χ1n) is 7.84. The van der Waals surface area contributed by atoms with E-state index in [1.807, 2.05) is 31.2 Å². The first kappa shape index (κ1) is 14.5. The Hall–Kier alpha value is -2.08. The summed E-state index contributed by atoms with van der Waals surface area (Å²) in [5, 5.41) is 4.45. The van der Waals surface area contributed by atoms with Crippen LogP contribution in [0, 0.1) is 6.92 Å². The number of nitrogens with zero attached hydrogens (tertiary/aromatic N) is 3. The lowest BCUT2D eigenvalue weighted by molar-refractivity contribution is 0.907. The smallest absolute Gasteiger partial charge is 0.229 e. The van der Waals surface area contributed by atoms with Crippen LogP contribution in [0.3, 0.4) is 0 Å². The number of hydrogen-bond donors (Lipinski definition) is 2. The molecule has 1 aliphatic heterocycles. The Kier molecular flexibility index (Phi) is 3.69. The fourth-order valence-corrected chi connectivity index (χ4v) is 3.22. The maximum absolute atomic E-state index is 4.79. The van der Waals surface area contributed by atoms with Gasteiger partial charge in [-0.2, -0.15) is 9.97 Å². The molecule has 3 heterocycles. The molecule has 0 saturated carbocycles. The second kappa shape index (κ2) is 5.85. The average Bonchev–Trinajstić information content (AvgIpc) is 3.18. The summed E-state index contributed by atoms with van der Waals surface area (Å²) in [4.78, 5) is 15.1. The molecule has 118 valence electrons. The zero-order valence-electron chi connectivity index (χ0n) is 12.9. The molecule has 0 aliphatic carbocycles. The molecule has 23 heavy (non-hydrogen) atoms. The molecule has 2 N–H and O–H groups in total. The molecule has 0 radical (unpaired) electrons. The molecule has 6 heteroatoms. The van der Waals surface area contributed by atoms with Crippen LogP contribution in [0.2, 0.25) is 0 Å². The Morgan fingerprint density at radius 3 is 2.61 bits per heavy atom. The van der Waals surface area contributed by atoms with Crippen LogP contribution in [0.15, 0.2) is 34.8 Å². The zero-order chi connectivity index (χ0) is 15.8. The summed E-state index contributed by atoms with van der Waals surface area (Å²) in [5.74, 6) is 1.65. The predicted octanol–water partition coefficient (Wildman–Crippen LogP) is 4.37. The van der Waals surface area contributed by atoms with Gasteiger partial charge in [-0.3, -0.25) is 0 Å². The van der Waals surface area contributed by atoms with E-state index in [9.17, 15) is 0 Å². The molecule has 1 fully saturated rings. The monoisotopic (exact) mass is 371 g/mol. The average molecular weight is 372 g/mol. The molecule has 1 aliphatic rings. The summed E-state index contributed by atoms with van der Waals surface area (Å²) in [6, 6.07) is 10.2. The number of hydrogen-bond acceptors (Lipinski definition) is 4. The summed E-state index contributed by atoms with van der Waals surface area (Å²) in [7, 11) is 0. The van der Waals surface area contributed by atoms with Crippen LogP contribution in [0.4, 0.5) is 17.5 Å². The molecule has 0 amide bonds. The molecular weight excluding hydrogens is 354 g/mol. The van der Waals surface area contributed by atoms with Crippen molar-refractivity contribution in [2.75, 3.05) is 23.3 Å². The second-order valence-electron chi connectivity index (χ2n) is 5.91. The number of aryl methyl sites for hydroxylation is 1. The molecule has 3 aromatic rings. The Bertz CT molecular complexity index is 834. The summed E-state index contributed by atoms with van der Waals surface area (Å²) in [6.45, 7) is 4.10. The number of aromatic amines is 1. The Balaban J connectivity index is 1.77. The van der Waals surface area contributed by atoms with E-state index in [-0.39, 0.29) is 0 Å². The van der Waals surface area contributed by atoms with Crippen LogP contribution in [-0.2, 0) is 0 Å². The molecule has 0 spiro atoms. The lowest BCUT2D eigenvalue weighted by atomic mass is 10.3. The molecule has 1 saturated heterocycles. The number of H-pyrrole nitrogens is 1. The molecule has 0 unspecified atom stereocenters. The topological polar surface area (TPSA) is 56.8 Å². The van der Waals surface area contributed by atoms with Crippen LogP contribution < -0.4 is 10.2 Å². The standard InChI is InChI=1S/C17H18BrN5/c1-11-10-14-15(19-11)21-17(23-8-2-3-9-23)22-16(14)20-13-6-4-12(18)5-7-13/h4-7,10H,2-3,8-9H2,1H3,(H2,19,20,21,22). The second-order valence-corrected chi connectivity index (χ2v) is 6.83. The quantitative estimate of drug-likeness (QED) is 0.717. The van der Waals surface area contributed by atoms with Crippen molar-refractivity contribution in [2.45, 2.75) is 19.8 Å². The Morgan fingerprint density at radius 2 is 1.87 bits per heavy atom. The van der Waals surface area contributed by atoms with Gasteiger partial charge < -0.3 is 15.2 Å². The van der Waals surface area contributed by atoms with Gasteiger partial charge in [-0.25, -0.2) is 0 Å². The van der Waals surface area contributed by atoms with E-state index >= 15 is 0 Å². The third-order valence-corrected chi connectivity index (χ3v) is 4.63. The molecule has 2 aromatic heterocycles. The molecular formula is C17H18BrN5. The van der Waals surface area contributed by atoms with Crippen molar-refractivity contribution < 1.29 is 0 Å². The highest BCUT2D eigenvalue weighted by molar-refractivity contribution is 9.10. The fraction of sp³-hybridized carbons (Fsp3) is 0.294. The Labute approximate surface area is 143 Å². The van der Waals surface area contributed by atoms with Crippen molar-refractivity contribution in [1.82, 2.24) is 15.0 Å². The van der Waals surface area contributed by atoms with Gasteiger partial charge in [-0.05, 0) is 50.1 Å². The zero-order valence-corrected chi connectivity index (χ0v) is 14.5. The van der Waals surface area contributed by atoms with Gasteiger partial charge in [-0.1, -0.05) is 15.9 Å². The van der Waals surface area contributed by atoms with E-state index in [2.05, 4.69) is 37.2 Å². The number of rotatable bonds is 3. The summed E-state index contributed by atoms with van der Waals surface area (Å²) in [6.07, 6.45) is 2.42. The van der Waals surface area contributed by atoms with Gasteiger partial charge in [0.05, 0.1) is 5.39 Å². The minimum absolute atomic E-state index is 0.802. The van der Waals surface area contributed by atoms with Crippen molar-refractivity contribution in [1.29, 1.82) is 0 Å². The number of fused-ring (bicyclic) bond motifs is 1. The van der Waals surface area contributed by atoms with E-state index in [1.165, 1.54) is 12.8 Å². The maximum Gasteiger partial charge on any atom is 0.229 e. The van der Waals surface area contributed by atoms with E-state index in [0.717, 1.165) is 51.7 Å². The number of anilines is 3. The van der Waals surface area contributed by atoms with Crippen molar-refractivity contribution in [3.8, 4) is 0 Å². The minimum atomic E-state index is 0.802. The van der Waals surface area contributed by atoms with Crippen LogP contribution in [0.25, 0.3) is 11.0 Å². The first-order valence-corrected chi connectivity index (χ1v) is 8.63. The van der Waals surface area contributed by atoms with Gasteiger partial charge in [0, 0.05) is 28.9 Å². The van der Waals surface area contributed by atoms with Crippen molar-refractivity contribution in [3.05, 3.63) is 40.5 Å². The normalized spacial score (nSPS) is 14.6. The van der Waals surface area contributed by atoms with E-state index in [0.29, 0.717) is 0 Å². The SMILES string of the molecule is Cc1cc2c(Nc3ccc(Br)cc3)nc(N3CCCC3)nc2[nH]1. The van der Waals surface area contributed by atoms with Gasteiger partial charge in [-0.15, -0.1) is 0 Å². The third kappa shape index (κ3) is 2.91. The predicted molar refractivity (Wildman–Crippen MR) is 97.5 cm³/mol. The third-order valence-electron chi connectivity index (χ3n) is 4.11. The lowest BCUT2D eigenvalue weighted by Gasteiger charge is -2.16. The van der Waals surface area contributed by atoms with Gasteiger partial charge in [0.25, 0.3) is 0 Å². The molecule has 1 aromatic carbocycles. The van der Waals surface area contributed by atoms with Gasteiger partial charge in [0.2, 0.25) is 5.95 Å². The van der Waals surface area contributed by atoms with E-state index in [1.54, 1.807) is 0 Å². The number of benzene rings is 1. The summed E-state index contributed by atoms with van der Waals surface area (Å²) < 4.78 is 1.06. The maximum atomic E-state index is 4.79. The highest BCUT2D eigenvalue weighted by Gasteiger charge is 2.18. The van der Waals surface area contributed by atoms with Crippen molar-refractivity contribution in [2.24, 2.45) is 0 Å². The highest BCUT2D eigenvalue weighted by atomic mass is 79.9. The fourth-order valence-electron chi connectivity index (χ4n) is 2.95. The van der Waals surface area contributed by atoms with Gasteiger partial charge >= 0.3 is 0 Å².